The van der Waals surface area contributed by atoms with Crippen LogP contribution in [0.5, 0.6) is 5.75 Å². The minimum Gasteiger partial charge on any atom is -0.406 e. The molecule has 1 aromatic rings. The van der Waals surface area contributed by atoms with Crippen molar-refractivity contribution in [2.75, 3.05) is 0 Å². The first-order valence-electron chi connectivity index (χ1n) is 4.57. The molecule has 5 heteroatoms. The van der Waals surface area contributed by atoms with E-state index in [0.717, 1.165) is 12.0 Å². The molecule has 1 aromatic carbocycles. The van der Waals surface area contributed by atoms with E-state index in [1.54, 1.807) is 12.1 Å². The molecule has 82 valence electrons. The second-order valence-corrected chi connectivity index (χ2v) is 3.63. The number of ether oxygens (including phenoxy) is 1. The first kappa shape index (κ1) is 10.3. The van der Waals surface area contributed by atoms with E-state index < -0.39 is 6.36 Å². The highest BCUT2D eigenvalue weighted by Crippen LogP contribution is 2.40. The van der Waals surface area contributed by atoms with Gasteiger partial charge in [-0.1, -0.05) is 12.1 Å². The minimum absolute atomic E-state index is 0.0751. The fraction of sp³-hybridized carbons (Fsp3) is 0.400. The molecule has 2 N–H and O–H groups in total. The maximum absolute atomic E-state index is 11.9. The van der Waals surface area contributed by atoms with Crippen molar-refractivity contribution in [3.05, 3.63) is 29.8 Å². The van der Waals surface area contributed by atoms with E-state index in [1.807, 2.05) is 0 Å². The van der Waals surface area contributed by atoms with Gasteiger partial charge in [-0.25, -0.2) is 0 Å². The zero-order valence-corrected chi connectivity index (χ0v) is 7.79. The molecule has 1 aliphatic rings. The van der Waals surface area contributed by atoms with Gasteiger partial charge in [0.25, 0.3) is 0 Å². The molecule has 1 saturated carbocycles. The summed E-state index contributed by atoms with van der Waals surface area (Å²) in [6.45, 7) is 0. The molecule has 0 saturated heterocycles. The van der Waals surface area contributed by atoms with E-state index >= 15 is 0 Å². The van der Waals surface area contributed by atoms with Crippen molar-refractivity contribution >= 4 is 0 Å². The van der Waals surface area contributed by atoms with Crippen molar-refractivity contribution in [3.63, 3.8) is 0 Å². The Hall–Kier alpha value is -1.23. The van der Waals surface area contributed by atoms with Crippen LogP contribution in [0.4, 0.5) is 13.2 Å². The Kier molecular flexibility index (Phi) is 2.34. The average molecular weight is 217 g/mol. The molecule has 0 unspecified atom stereocenters. The van der Waals surface area contributed by atoms with Gasteiger partial charge in [-0.05, 0) is 24.1 Å². The second kappa shape index (κ2) is 3.41. The van der Waals surface area contributed by atoms with Gasteiger partial charge in [0, 0.05) is 12.0 Å². The van der Waals surface area contributed by atoms with Crippen molar-refractivity contribution in [2.24, 2.45) is 5.73 Å². The highest BCUT2D eigenvalue weighted by Gasteiger charge is 2.36. The lowest BCUT2D eigenvalue weighted by Crippen LogP contribution is -2.17. The first-order valence-corrected chi connectivity index (χ1v) is 4.57. The lowest BCUT2D eigenvalue weighted by molar-refractivity contribution is -0.274. The summed E-state index contributed by atoms with van der Waals surface area (Å²) in [5, 5.41) is 0. The van der Waals surface area contributed by atoms with Crippen LogP contribution in [0.15, 0.2) is 24.3 Å². The normalized spacial score (nSPS) is 25.1. The molecule has 0 radical (unpaired) electrons. The predicted molar refractivity (Wildman–Crippen MR) is 48.5 cm³/mol. The third kappa shape index (κ3) is 2.62. The van der Waals surface area contributed by atoms with Crippen molar-refractivity contribution in [2.45, 2.75) is 24.7 Å². The smallest absolute Gasteiger partial charge is 0.406 e. The van der Waals surface area contributed by atoms with Crippen LogP contribution in [0.25, 0.3) is 0 Å². The van der Waals surface area contributed by atoms with E-state index in [0.29, 0.717) is 0 Å². The van der Waals surface area contributed by atoms with Crippen LogP contribution in [0.1, 0.15) is 17.9 Å². The summed E-state index contributed by atoms with van der Waals surface area (Å²) in [5.41, 5.74) is 6.42. The maximum atomic E-state index is 11.9. The van der Waals surface area contributed by atoms with Gasteiger partial charge >= 0.3 is 6.36 Å². The maximum Gasteiger partial charge on any atom is 0.573 e. The van der Waals surface area contributed by atoms with Crippen molar-refractivity contribution < 1.29 is 17.9 Å². The van der Waals surface area contributed by atoms with Gasteiger partial charge in [0.2, 0.25) is 0 Å². The third-order valence-electron chi connectivity index (χ3n) is 2.36. The molecule has 1 fully saturated rings. The van der Waals surface area contributed by atoms with Gasteiger partial charge in [-0.2, -0.15) is 0 Å². The molecular formula is C10H10F3NO. The standard InChI is InChI=1S/C10H10F3NO/c11-10(12,13)15-7-3-1-2-6(4-7)8-5-9(8)14/h1-4,8-9H,5,14H2/t8-,9+/m0/s1. The van der Waals surface area contributed by atoms with Gasteiger partial charge in [-0.3, -0.25) is 0 Å². The van der Waals surface area contributed by atoms with Crippen LogP contribution in [0.2, 0.25) is 0 Å². The van der Waals surface area contributed by atoms with Crippen LogP contribution >= 0.6 is 0 Å². The van der Waals surface area contributed by atoms with E-state index in [9.17, 15) is 13.2 Å². The van der Waals surface area contributed by atoms with Crippen LogP contribution in [0, 0.1) is 0 Å². The minimum atomic E-state index is -4.63. The summed E-state index contributed by atoms with van der Waals surface area (Å²) in [5.74, 6) is 0.000818. The van der Waals surface area contributed by atoms with Gasteiger partial charge < -0.3 is 10.5 Å². The summed E-state index contributed by atoms with van der Waals surface area (Å²) in [7, 11) is 0. The van der Waals surface area contributed by atoms with E-state index in [-0.39, 0.29) is 17.7 Å². The first-order chi connectivity index (χ1) is 6.96. The van der Waals surface area contributed by atoms with Crippen molar-refractivity contribution in [3.8, 4) is 5.75 Å². The van der Waals surface area contributed by atoms with Gasteiger partial charge in [-0.15, -0.1) is 13.2 Å². The molecule has 2 nitrogen and oxygen atoms in total. The van der Waals surface area contributed by atoms with E-state index in [4.69, 9.17) is 5.73 Å². The molecule has 2 rings (SSSR count). The number of halogens is 3. The molecule has 0 aliphatic heterocycles. The molecule has 0 amide bonds. The van der Waals surface area contributed by atoms with Crippen molar-refractivity contribution in [1.29, 1.82) is 0 Å². The van der Waals surface area contributed by atoms with Crippen LogP contribution in [0.3, 0.4) is 0 Å². The number of nitrogens with two attached hydrogens (primary N) is 1. The molecule has 1 aliphatic carbocycles. The average Bonchev–Trinajstić information content (AvgIpc) is 2.80. The number of alkyl halides is 3. The molecule has 0 heterocycles. The van der Waals surface area contributed by atoms with Gasteiger partial charge in [0.15, 0.2) is 0 Å². The molecular weight excluding hydrogens is 207 g/mol. The predicted octanol–water partition coefficient (Wildman–Crippen LogP) is 2.40. The SMILES string of the molecule is N[C@@H]1C[C@H]1c1cccc(OC(F)(F)F)c1. The molecule has 0 bridgehead atoms. The fourth-order valence-electron chi connectivity index (χ4n) is 1.54. The summed E-state index contributed by atoms with van der Waals surface area (Å²) in [6, 6.07) is 6.06. The number of hydrogen-bond donors (Lipinski definition) is 1. The Morgan fingerprint density at radius 2 is 2.00 bits per heavy atom. The van der Waals surface area contributed by atoms with Crippen LogP contribution in [-0.2, 0) is 0 Å². The Balaban J connectivity index is 2.13. The Bertz CT molecular complexity index is 364. The van der Waals surface area contributed by atoms with E-state index in [2.05, 4.69) is 4.74 Å². The summed E-state index contributed by atoms with van der Waals surface area (Å²) < 4.78 is 39.6. The topological polar surface area (TPSA) is 35.2 Å². The monoisotopic (exact) mass is 217 g/mol. The fourth-order valence-corrected chi connectivity index (χ4v) is 1.54. The molecule has 0 aromatic heterocycles. The summed E-state index contributed by atoms with van der Waals surface area (Å²) in [6.07, 6.45) is -3.81. The van der Waals surface area contributed by atoms with Crippen LogP contribution in [-0.4, -0.2) is 12.4 Å². The zero-order chi connectivity index (χ0) is 11.1. The summed E-state index contributed by atoms with van der Waals surface area (Å²) in [4.78, 5) is 0. The molecule has 0 spiro atoms. The number of benzene rings is 1. The highest BCUT2D eigenvalue weighted by molar-refractivity contribution is 5.35. The lowest BCUT2D eigenvalue weighted by Gasteiger charge is -2.09. The lowest BCUT2D eigenvalue weighted by atomic mass is 10.1. The Morgan fingerprint density at radius 3 is 2.53 bits per heavy atom. The Morgan fingerprint density at radius 1 is 1.33 bits per heavy atom. The molecule has 15 heavy (non-hydrogen) atoms. The second-order valence-electron chi connectivity index (χ2n) is 3.63. The largest absolute Gasteiger partial charge is 0.573 e. The Labute approximate surface area is 84.8 Å². The van der Waals surface area contributed by atoms with E-state index in [1.165, 1.54) is 12.1 Å². The number of rotatable bonds is 2. The summed E-state index contributed by atoms with van der Waals surface area (Å²) >= 11 is 0. The van der Waals surface area contributed by atoms with Gasteiger partial charge in [0.05, 0.1) is 0 Å². The zero-order valence-electron chi connectivity index (χ0n) is 7.79. The molecule has 2 atom stereocenters. The third-order valence-corrected chi connectivity index (χ3v) is 2.36. The quantitative estimate of drug-likeness (QED) is 0.825. The number of hydrogen-bond acceptors (Lipinski definition) is 2. The van der Waals surface area contributed by atoms with Crippen LogP contribution < -0.4 is 10.5 Å². The highest BCUT2D eigenvalue weighted by atomic mass is 19.4. The van der Waals surface area contributed by atoms with Gasteiger partial charge in [0.1, 0.15) is 5.75 Å². The van der Waals surface area contributed by atoms with Crippen molar-refractivity contribution in [1.82, 2.24) is 0 Å².